The highest BCUT2D eigenvalue weighted by molar-refractivity contribution is 6.30. The average molecular weight is 590 g/mol. The molecule has 216 valence electrons. The summed E-state index contributed by atoms with van der Waals surface area (Å²) < 4.78 is 2.23. The molecule has 2 heterocycles. The molecule has 1 N–H and O–H groups in total. The summed E-state index contributed by atoms with van der Waals surface area (Å²) >= 11 is 6.26. The Kier molecular flexibility index (Phi) is 7.23. The van der Waals surface area contributed by atoms with Crippen LogP contribution in [0.3, 0.4) is 0 Å². The van der Waals surface area contributed by atoms with Crippen molar-refractivity contribution >= 4 is 34.4 Å². The smallest absolute Gasteiger partial charge is 0.335 e. The predicted octanol–water partition coefficient (Wildman–Crippen LogP) is 7.92. The lowest BCUT2D eigenvalue weighted by atomic mass is 9.84. The number of nitrogens with zero attached hydrogens (tertiary/aromatic N) is 3. The second-order valence-electron chi connectivity index (χ2n) is 11.7. The van der Waals surface area contributed by atoms with Gasteiger partial charge in [-0.25, -0.2) is 4.79 Å². The van der Waals surface area contributed by atoms with E-state index in [1.54, 1.807) is 12.1 Å². The molecular weight excluding hydrogens is 558 g/mol. The Bertz CT molecular complexity index is 1800. The van der Waals surface area contributed by atoms with Gasteiger partial charge in [0.1, 0.15) is 0 Å². The molecule has 1 aliphatic heterocycles. The Morgan fingerprint density at radius 3 is 2.14 bits per heavy atom. The highest BCUT2D eigenvalue weighted by atomic mass is 35.5. The van der Waals surface area contributed by atoms with Gasteiger partial charge in [0.05, 0.1) is 22.8 Å². The number of fused-ring (bicyclic) bond motifs is 1. The van der Waals surface area contributed by atoms with E-state index >= 15 is 0 Å². The molecule has 1 amide bonds. The van der Waals surface area contributed by atoms with Gasteiger partial charge in [0.25, 0.3) is 5.91 Å². The molecule has 4 aromatic carbocycles. The molecular formula is C36H32ClN3O3. The number of carbonyl (C=O) groups excluding carboxylic acids is 1. The summed E-state index contributed by atoms with van der Waals surface area (Å²) in [5.74, 6) is -0.860. The monoisotopic (exact) mass is 589 g/mol. The molecule has 6 nitrogen and oxygen atoms in total. The summed E-state index contributed by atoms with van der Waals surface area (Å²) in [5.41, 5.74) is 6.45. The third-order valence-corrected chi connectivity index (χ3v) is 9.10. The number of carbonyl (C=O) groups is 2. The normalized spacial score (nSPS) is 16.3. The molecule has 7 heteroatoms. The maximum absolute atomic E-state index is 13.2. The van der Waals surface area contributed by atoms with Crippen LogP contribution in [0.4, 0.5) is 0 Å². The first-order valence-electron chi connectivity index (χ1n) is 14.9. The van der Waals surface area contributed by atoms with E-state index in [-0.39, 0.29) is 23.3 Å². The van der Waals surface area contributed by atoms with Crippen LogP contribution in [0.25, 0.3) is 10.9 Å². The minimum atomic E-state index is -1.03. The van der Waals surface area contributed by atoms with Gasteiger partial charge in [-0.05, 0) is 84.8 Å². The minimum absolute atomic E-state index is 0.0565. The van der Waals surface area contributed by atoms with Crippen molar-refractivity contribution in [3.8, 4) is 0 Å². The van der Waals surface area contributed by atoms with Crippen LogP contribution in [0, 0.1) is 0 Å². The van der Waals surface area contributed by atoms with Crippen LogP contribution in [-0.2, 0) is 0 Å². The predicted molar refractivity (Wildman–Crippen MR) is 168 cm³/mol. The minimum Gasteiger partial charge on any atom is -0.478 e. The quantitative estimate of drug-likeness (QED) is 0.196. The fraction of sp³-hybridized carbons (Fsp3) is 0.250. The Balaban J connectivity index is 1.21. The number of aromatic nitrogens is 2. The third-order valence-electron chi connectivity index (χ3n) is 8.85. The number of hydrogen-bond acceptors (Lipinski definition) is 3. The van der Waals surface area contributed by atoms with Crippen LogP contribution < -0.4 is 0 Å². The molecule has 1 saturated heterocycles. The van der Waals surface area contributed by atoms with E-state index < -0.39 is 5.97 Å². The molecule has 1 aromatic heterocycles. The highest BCUT2D eigenvalue weighted by Gasteiger charge is 2.32. The number of hydrogen-bond donors (Lipinski definition) is 1. The van der Waals surface area contributed by atoms with Gasteiger partial charge in [-0.2, -0.15) is 5.10 Å². The second-order valence-corrected chi connectivity index (χ2v) is 12.1. The van der Waals surface area contributed by atoms with E-state index in [0.717, 1.165) is 36.4 Å². The largest absolute Gasteiger partial charge is 0.478 e. The first-order valence-corrected chi connectivity index (χ1v) is 15.3. The van der Waals surface area contributed by atoms with Gasteiger partial charge in [-0.15, -0.1) is 0 Å². The lowest BCUT2D eigenvalue weighted by Crippen LogP contribution is -2.38. The zero-order valence-corrected chi connectivity index (χ0v) is 24.5. The maximum Gasteiger partial charge on any atom is 0.335 e. The Labute approximate surface area is 255 Å². The van der Waals surface area contributed by atoms with Crippen molar-refractivity contribution in [2.75, 3.05) is 13.1 Å². The molecule has 1 saturated carbocycles. The molecule has 0 radical (unpaired) electrons. The van der Waals surface area contributed by atoms with Crippen molar-refractivity contribution in [1.29, 1.82) is 0 Å². The van der Waals surface area contributed by atoms with Crippen LogP contribution >= 0.6 is 11.6 Å². The molecule has 2 fully saturated rings. The summed E-state index contributed by atoms with van der Waals surface area (Å²) in [6.45, 7) is 1.21. The van der Waals surface area contributed by atoms with Crippen molar-refractivity contribution in [1.82, 2.24) is 14.7 Å². The number of benzene rings is 4. The number of likely N-dealkylation sites (tertiary alicyclic amines) is 1. The first kappa shape index (κ1) is 27.4. The van der Waals surface area contributed by atoms with Gasteiger partial charge in [0.2, 0.25) is 0 Å². The number of piperidine rings is 1. The Morgan fingerprint density at radius 1 is 0.767 bits per heavy atom. The van der Waals surface area contributed by atoms with Crippen LogP contribution in [0.2, 0.25) is 5.02 Å². The van der Waals surface area contributed by atoms with Crippen molar-refractivity contribution in [2.45, 2.75) is 43.6 Å². The number of amides is 1. The third kappa shape index (κ3) is 5.43. The molecule has 43 heavy (non-hydrogen) atoms. The molecule has 2 aliphatic rings. The Hall–Kier alpha value is -4.42. The number of halogens is 1. The maximum atomic E-state index is 13.2. The van der Waals surface area contributed by atoms with E-state index in [1.165, 1.54) is 39.7 Å². The van der Waals surface area contributed by atoms with Crippen LogP contribution in [0.5, 0.6) is 0 Å². The van der Waals surface area contributed by atoms with Crippen molar-refractivity contribution in [3.63, 3.8) is 0 Å². The molecule has 1 atom stereocenters. The molecule has 1 aliphatic carbocycles. The van der Waals surface area contributed by atoms with Crippen molar-refractivity contribution in [2.24, 2.45) is 0 Å². The van der Waals surface area contributed by atoms with Crippen LogP contribution in [0.15, 0.2) is 97.1 Å². The van der Waals surface area contributed by atoms with Gasteiger partial charge in [-0.3, -0.25) is 9.48 Å². The fourth-order valence-electron chi connectivity index (χ4n) is 6.46. The van der Waals surface area contributed by atoms with Gasteiger partial charge in [0.15, 0.2) is 0 Å². The standard InChI is InChI=1S/C36H32ClN3O3/c37-29-12-9-24(10-13-29)33(23-5-2-1-3-6-23)26-11-16-32-31(22-26)34(38-40(32)30-14-15-30)25-17-19-39(20-18-25)35(41)27-7-4-8-28(21-27)36(42)43/h1-13,16,21-22,25,30,33H,14-15,17-20H2,(H,42,43). The SMILES string of the molecule is O=C(O)c1cccc(C(=O)N2CCC(c3nn(C4CC4)c4ccc(C(c5ccccc5)c5ccc(Cl)cc5)cc34)CC2)c1. The fourth-order valence-corrected chi connectivity index (χ4v) is 6.59. The van der Waals surface area contributed by atoms with Gasteiger partial charge < -0.3 is 10.0 Å². The van der Waals surface area contributed by atoms with Crippen LogP contribution in [0.1, 0.15) is 86.7 Å². The Morgan fingerprint density at radius 2 is 1.44 bits per heavy atom. The number of carboxylic acids is 1. The molecule has 0 bridgehead atoms. The number of rotatable bonds is 7. The molecule has 5 aromatic rings. The second kappa shape index (κ2) is 11.3. The van der Waals surface area contributed by atoms with E-state index in [1.807, 2.05) is 23.1 Å². The first-order chi connectivity index (χ1) is 21.0. The summed E-state index contributed by atoms with van der Waals surface area (Å²) in [6, 6.07) is 32.2. The van der Waals surface area contributed by atoms with Crippen molar-refractivity contribution < 1.29 is 14.7 Å². The highest BCUT2D eigenvalue weighted by Crippen LogP contribution is 2.42. The summed E-state index contributed by atoms with van der Waals surface area (Å²) in [6.07, 6.45) is 3.92. The number of carboxylic acid groups (broad SMARTS) is 1. The van der Waals surface area contributed by atoms with E-state index in [9.17, 15) is 14.7 Å². The van der Waals surface area contributed by atoms with E-state index in [2.05, 4.69) is 59.3 Å². The topological polar surface area (TPSA) is 75.4 Å². The summed E-state index contributed by atoms with van der Waals surface area (Å²) in [4.78, 5) is 26.5. The average Bonchev–Trinajstić information content (AvgIpc) is 3.82. The zero-order valence-electron chi connectivity index (χ0n) is 23.7. The molecule has 7 rings (SSSR count). The van der Waals surface area contributed by atoms with Crippen molar-refractivity contribution in [3.05, 3.63) is 136 Å². The van der Waals surface area contributed by atoms with Gasteiger partial charge in [-0.1, -0.05) is 66.2 Å². The van der Waals surface area contributed by atoms with Crippen LogP contribution in [-0.4, -0.2) is 44.8 Å². The van der Waals surface area contributed by atoms with E-state index in [4.69, 9.17) is 16.7 Å². The van der Waals surface area contributed by atoms with Gasteiger partial charge in [0, 0.05) is 40.9 Å². The summed E-state index contributed by atoms with van der Waals surface area (Å²) in [5, 5.41) is 16.5. The lowest BCUT2D eigenvalue weighted by molar-refractivity contribution is 0.0697. The summed E-state index contributed by atoms with van der Waals surface area (Å²) in [7, 11) is 0. The lowest BCUT2D eigenvalue weighted by Gasteiger charge is -2.31. The van der Waals surface area contributed by atoms with Gasteiger partial charge >= 0.3 is 5.97 Å². The number of aromatic carboxylic acids is 1. The molecule has 0 spiro atoms. The molecule has 1 unspecified atom stereocenters. The zero-order chi connectivity index (χ0) is 29.5. The van der Waals surface area contributed by atoms with E-state index in [0.29, 0.717) is 24.7 Å².